The molecule has 0 N–H and O–H groups in total. The molecule has 0 aromatic carbocycles. The molecule has 1 atom stereocenters. The summed E-state index contributed by atoms with van der Waals surface area (Å²) in [5.74, 6) is 2.24. The van der Waals surface area contributed by atoms with E-state index in [0.29, 0.717) is 17.3 Å². The fraction of sp³-hybridized carbons (Fsp3) is 0.714. The first-order valence-electron chi connectivity index (χ1n) is 7.05. The van der Waals surface area contributed by atoms with E-state index in [0.717, 1.165) is 31.4 Å². The number of piperidine rings is 1. The normalized spacial score (nSPS) is 18.4. The Bertz CT molecular complexity index is 392. The van der Waals surface area contributed by atoms with Gasteiger partial charge in [0, 0.05) is 30.2 Å². The van der Waals surface area contributed by atoms with Crippen LogP contribution in [0.4, 0.5) is 5.95 Å². The van der Waals surface area contributed by atoms with Crippen molar-refractivity contribution in [3.05, 3.63) is 12.3 Å². The summed E-state index contributed by atoms with van der Waals surface area (Å²) in [4.78, 5) is 11.7. The first kappa shape index (κ1) is 14.6. The number of alkyl halides is 1. The van der Waals surface area contributed by atoms with Crippen molar-refractivity contribution in [2.75, 3.05) is 24.6 Å². The standard InChI is InChI=1S/C14H22BrN3O/c1-3-10-19-13-4-7-16-14(17-13)18-8-5-12(6-9-18)11(2)15/h4,7,11-12H,3,5-6,8-10H2,1-2H3. The van der Waals surface area contributed by atoms with Gasteiger partial charge in [0.25, 0.3) is 0 Å². The van der Waals surface area contributed by atoms with Gasteiger partial charge in [0.05, 0.1) is 6.61 Å². The van der Waals surface area contributed by atoms with Gasteiger partial charge < -0.3 is 9.64 Å². The van der Waals surface area contributed by atoms with Crippen molar-refractivity contribution < 1.29 is 4.74 Å². The Morgan fingerprint density at radius 3 is 2.84 bits per heavy atom. The molecule has 0 saturated carbocycles. The van der Waals surface area contributed by atoms with Crippen LogP contribution in [-0.2, 0) is 0 Å². The van der Waals surface area contributed by atoms with Crippen molar-refractivity contribution in [2.45, 2.75) is 37.9 Å². The van der Waals surface area contributed by atoms with Gasteiger partial charge in [-0.3, -0.25) is 0 Å². The predicted molar refractivity (Wildman–Crippen MR) is 81.1 cm³/mol. The Morgan fingerprint density at radius 2 is 2.21 bits per heavy atom. The number of ether oxygens (including phenoxy) is 1. The molecule has 1 aromatic heterocycles. The van der Waals surface area contributed by atoms with E-state index in [1.165, 1.54) is 12.8 Å². The molecule has 1 aliphatic heterocycles. The van der Waals surface area contributed by atoms with Gasteiger partial charge in [-0.15, -0.1) is 0 Å². The van der Waals surface area contributed by atoms with Crippen LogP contribution in [0.25, 0.3) is 0 Å². The van der Waals surface area contributed by atoms with Gasteiger partial charge in [0.15, 0.2) is 0 Å². The van der Waals surface area contributed by atoms with Crippen LogP contribution >= 0.6 is 15.9 Å². The number of hydrogen-bond acceptors (Lipinski definition) is 4. The van der Waals surface area contributed by atoms with Crippen LogP contribution < -0.4 is 9.64 Å². The molecule has 0 bridgehead atoms. The molecule has 0 spiro atoms. The van der Waals surface area contributed by atoms with Gasteiger partial charge >= 0.3 is 0 Å². The average molecular weight is 328 g/mol. The van der Waals surface area contributed by atoms with Gasteiger partial charge in [-0.2, -0.15) is 4.98 Å². The Balaban J connectivity index is 1.95. The highest BCUT2D eigenvalue weighted by atomic mass is 79.9. The summed E-state index contributed by atoms with van der Waals surface area (Å²) in [7, 11) is 0. The molecule has 1 aromatic rings. The minimum atomic E-state index is 0.592. The smallest absolute Gasteiger partial charge is 0.228 e. The van der Waals surface area contributed by atoms with Crippen molar-refractivity contribution in [3.8, 4) is 5.88 Å². The highest BCUT2D eigenvalue weighted by Crippen LogP contribution is 2.27. The zero-order valence-electron chi connectivity index (χ0n) is 11.7. The van der Waals surface area contributed by atoms with Crippen LogP contribution in [0.15, 0.2) is 12.3 Å². The second-order valence-electron chi connectivity index (χ2n) is 5.05. The molecule has 2 heterocycles. The van der Waals surface area contributed by atoms with E-state index < -0.39 is 0 Å². The van der Waals surface area contributed by atoms with Crippen molar-refractivity contribution >= 4 is 21.9 Å². The fourth-order valence-electron chi connectivity index (χ4n) is 2.33. The van der Waals surface area contributed by atoms with Crippen molar-refractivity contribution in [1.29, 1.82) is 0 Å². The molecule has 0 amide bonds. The maximum atomic E-state index is 5.56. The molecule has 1 saturated heterocycles. The van der Waals surface area contributed by atoms with E-state index in [4.69, 9.17) is 4.74 Å². The van der Waals surface area contributed by atoms with Crippen LogP contribution in [0.5, 0.6) is 5.88 Å². The lowest BCUT2D eigenvalue weighted by molar-refractivity contribution is 0.304. The summed E-state index contributed by atoms with van der Waals surface area (Å²) in [6.45, 7) is 7.08. The summed E-state index contributed by atoms with van der Waals surface area (Å²) in [6, 6.07) is 1.83. The van der Waals surface area contributed by atoms with Crippen LogP contribution in [0.3, 0.4) is 0 Å². The number of aromatic nitrogens is 2. The minimum Gasteiger partial charge on any atom is -0.478 e. The third kappa shape index (κ3) is 4.06. The van der Waals surface area contributed by atoms with Crippen LogP contribution in [0.1, 0.15) is 33.1 Å². The number of anilines is 1. The molecular formula is C14H22BrN3O. The summed E-state index contributed by atoms with van der Waals surface area (Å²) in [6.07, 6.45) is 5.16. The summed E-state index contributed by atoms with van der Waals surface area (Å²) in [5.41, 5.74) is 0. The lowest BCUT2D eigenvalue weighted by Gasteiger charge is -2.33. The van der Waals surface area contributed by atoms with Crippen molar-refractivity contribution in [1.82, 2.24) is 9.97 Å². The summed E-state index contributed by atoms with van der Waals surface area (Å²) >= 11 is 3.68. The third-order valence-electron chi connectivity index (χ3n) is 3.54. The minimum absolute atomic E-state index is 0.592. The summed E-state index contributed by atoms with van der Waals surface area (Å²) in [5, 5.41) is 0. The van der Waals surface area contributed by atoms with E-state index in [-0.39, 0.29) is 0 Å². The van der Waals surface area contributed by atoms with E-state index in [1.54, 1.807) is 6.20 Å². The van der Waals surface area contributed by atoms with Crippen LogP contribution in [0.2, 0.25) is 0 Å². The molecule has 4 nitrogen and oxygen atoms in total. The fourth-order valence-corrected chi connectivity index (χ4v) is 2.86. The highest BCUT2D eigenvalue weighted by molar-refractivity contribution is 9.09. The van der Waals surface area contributed by atoms with E-state index in [2.05, 4.69) is 44.6 Å². The number of rotatable bonds is 5. The third-order valence-corrected chi connectivity index (χ3v) is 4.29. The Morgan fingerprint density at radius 1 is 1.47 bits per heavy atom. The first-order chi connectivity index (χ1) is 9.20. The molecule has 2 rings (SSSR count). The van der Waals surface area contributed by atoms with E-state index in [9.17, 15) is 0 Å². The molecule has 19 heavy (non-hydrogen) atoms. The Kier molecular flexibility index (Phi) is 5.43. The predicted octanol–water partition coefficient (Wildman–Crippen LogP) is 3.27. The molecule has 0 radical (unpaired) electrons. The number of nitrogens with zero attached hydrogens (tertiary/aromatic N) is 3. The molecule has 0 aliphatic carbocycles. The lowest BCUT2D eigenvalue weighted by atomic mass is 9.94. The van der Waals surface area contributed by atoms with E-state index in [1.807, 2.05) is 6.07 Å². The van der Waals surface area contributed by atoms with Crippen molar-refractivity contribution in [2.24, 2.45) is 5.92 Å². The van der Waals surface area contributed by atoms with Gasteiger partial charge in [-0.05, 0) is 25.2 Å². The largest absolute Gasteiger partial charge is 0.478 e. The zero-order valence-corrected chi connectivity index (χ0v) is 13.3. The zero-order chi connectivity index (χ0) is 13.7. The number of halogens is 1. The number of hydrogen-bond donors (Lipinski definition) is 0. The van der Waals surface area contributed by atoms with Crippen LogP contribution in [0, 0.1) is 5.92 Å². The lowest BCUT2D eigenvalue weighted by Crippen LogP contribution is -2.36. The quantitative estimate of drug-likeness (QED) is 0.778. The molecule has 1 unspecified atom stereocenters. The highest BCUT2D eigenvalue weighted by Gasteiger charge is 2.23. The maximum absolute atomic E-state index is 5.56. The second kappa shape index (κ2) is 7.08. The molecule has 5 heteroatoms. The molecule has 1 fully saturated rings. The Hall–Kier alpha value is -0.840. The topological polar surface area (TPSA) is 38.2 Å². The van der Waals surface area contributed by atoms with Crippen LogP contribution in [-0.4, -0.2) is 34.5 Å². The van der Waals surface area contributed by atoms with E-state index >= 15 is 0 Å². The van der Waals surface area contributed by atoms with Crippen molar-refractivity contribution in [3.63, 3.8) is 0 Å². The molecule has 1 aliphatic rings. The van der Waals surface area contributed by atoms with Gasteiger partial charge in [0.1, 0.15) is 0 Å². The molecular weight excluding hydrogens is 306 g/mol. The Labute approximate surface area is 123 Å². The van der Waals surface area contributed by atoms with Gasteiger partial charge in [-0.25, -0.2) is 4.98 Å². The molecule has 106 valence electrons. The van der Waals surface area contributed by atoms with Gasteiger partial charge in [0.2, 0.25) is 11.8 Å². The first-order valence-corrected chi connectivity index (χ1v) is 7.97. The van der Waals surface area contributed by atoms with Gasteiger partial charge in [-0.1, -0.05) is 29.8 Å². The average Bonchev–Trinajstić information content (AvgIpc) is 2.45. The SMILES string of the molecule is CCCOc1ccnc(N2CCC(C(C)Br)CC2)n1. The second-order valence-corrected chi connectivity index (χ2v) is 6.49. The summed E-state index contributed by atoms with van der Waals surface area (Å²) < 4.78 is 5.56. The monoisotopic (exact) mass is 327 g/mol. The maximum Gasteiger partial charge on any atom is 0.228 e.